The molecule has 3 aromatic rings. The second-order valence-corrected chi connectivity index (χ2v) is 9.62. The molecule has 0 atom stereocenters. The smallest absolute Gasteiger partial charge is 0.339 e. The van der Waals surface area contributed by atoms with Crippen molar-refractivity contribution >= 4 is 16.0 Å². The summed E-state index contributed by atoms with van der Waals surface area (Å²) in [5.74, 6) is 0.423. The molecule has 10 heteroatoms. The van der Waals surface area contributed by atoms with E-state index in [4.69, 9.17) is 18.4 Å². The zero-order valence-corrected chi connectivity index (χ0v) is 21.5. The minimum Gasteiger partial charge on any atom is -0.493 e. The van der Waals surface area contributed by atoms with Crippen LogP contribution in [-0.2, 0) is 16.7 Å². The molecule has 0 N–H and O–H groups in total. The van der Waals surface area contributed by atoms with Gasteiger partial charge in [0, 0.05) is 18.2 Å². The highest BCUT2D eigenvalue weighted by atomic mass is 32.2. The van der Waals surface area contributed by atoms with E-state index in [9.17, 15) is 17.6 Å². The third-order valence-corrected chi connectivity index (χ3v) is 6.64. The normalized spacial score (nSPS) is 11.2. The van der Waals surface area contributed by atoms with Gasteiger partial charge in [0.15, 0.2) is 11.5 Å². The molecule has 0 saturated carbocycles. The van der Waals surface area contributed by atoms with Crippen LogP contribution in [0.3, 0.4) is 0 Å². The van der Waals surface area contributed by atoms with Crippen LogP contribution in [0.25, 0.3) is 0 Å². The van der Waals surface area contributed by atoms with Crippen molar-refractivity contribution in [2.24, 2.45) is 0 Å². The lowest BCUT2D eigenvalue weighted by Crippen LogP contribution is -2.36. The van der Waals surface area contributed by atoms with Crippen LogP contribution in [0.5, 0.6) is 23.0 Å². The molecule has 36 heavy (non-hydrogen) atoms. The maximum Gasteiger partial charge on any atom is 0.339 e. The van der Waals surface area contributed by atoms with Crippen molar-refractivity contribution in [3.63, 3.8) is 0 Å². The van der Waals surface area contributed by atoms with Crippen molar-refractivity contribution < 1.29 is 36.0 Å². The van der Waals surface area contributed by atoms with Gasteiger partial charge in [-0.25, -0.2) is 4.39 Å². The van der Waals surface area contributed by atoms with Crippen LogP contribution in [0.4, 0.5) is 4.39 Å². The van der Waals surface area contributed by atoms with Gasteiger partial charge < -0.3 is 23.3 Å². The van der Waals surface area contributed by atoms with E-state index < -0.39 is 15.9 Å². The van der Waals surface area contributed by atoms with Crippen LogP contribution >= 0.6 is 0 Å². The number of hydrogen-bond acceptors (Lipinski definition) is 7. The number of amides is 1. The van der Waals surface area contributed by atoms with E-state index in [0.29, 0.717) is 22.8 Å². The maximum atomic E-state index is 13.4. The first kappa shape index (κ1) is 26.8. The van der Waals surface area contributed by atoms with Crippen LogP contribution in [0.15, 0.2) is 65.6 Å². The minimum absolute atomic E-state index is 0.0927. The van der Waals surface area contributed by atoms with Crippen LogP contribution in [0.1, 0.15) is 29.8 Å². The number of nitrogens with zero attached hydrogens (tertiary/aromatic N) is 1. The molecule has 0 heterocycles. The average Bonchev–Trinajstić information content (AvgIpc) is 2.86. The Balaban J connectivity index is 1.80. The fourth-order valence-corrected chi connectivity index (χ4v) is 4.41. The van der Waals surface area contributed by atoms with Crippen molar-refractivity contribution in [3.05, 3.63) is 77.6 Å². The molecule has 0 aliphatic rings. The topological polar surface area (TPSA) is 91.4 Å². The quantitative estimate of drug-likeness (QED) is 0.361. The zero-order valence-electron chi connectivity index (χ0n) is 20.6. The summed E-state index contributed by atoms with van der Waals surface area (Å²) in [4.78, 5) is 14.9. The van der Waals surface area contributed by atoms with Crippen molar-refractivity contribution in [2.75, 3.05) is 21.3 Å². The number of benzene rings is 3. The van der Waals surface area contributed by atoms with Gasteiger partial charge in [-0.3, -0.25) is 4.79 Å². The summed E-state index contributed by atoms with van der Waals surface area (Å²) in [7, 11) is 0.329. The number of hydrogen-bond donors (Lipinski definition) is 0. The number of carbonyl (C=O) groups is 1. The molecule has 3 aromatic carbocycles. The second kappa shape index (κ2) is 11.3. The molecule has 0 aromatic heterocycles. The Kier molecular flexibility index (Phi) is 8.41. The maximum absolute atomic E-state index is 13.4. The Morgan fingerprint density at radius 2 is 1.44 bits per heavy atom. The van der Waals surface area contributed by atoms with E-state index in [0.717, 1.165) is 29.8 Å². The van der Waals surface area contributed by atoms with Crippen molar-refractivity contribution in [1.29, 1.82) is 0 Å². The van der Waals surface area contributed by atoms with Gasteiger partial charge in [-0.2, -0.15) is 8.42 Å². The van der Waals surface area contributed by atoms with Gasteiger partial charge in [0.25, 0.3) is 5.91 Å². The summed E-state index contributed by atoms with van der Waals surface area (Å²) in [5, 5.41) is 0. The highest BCUT2D eigenvalue weighted by Gasteiger charge is 2.23. The van der Waals surface area contributed by atoms with E-state index in [1.807, 2.05) is 13.8 Å². The summed E-state index contributed by atoms with van der Waals surface area (Å²) < 4.78 is 59.2. The van der Waals surface area contributed by atoms with E-state index in [1.165, 1.54) is 33.5 Å². The van der Waals surface area contributed by atoms with Crippen molar-refractivity contribution in [3.8, 4) is 23.0 Å². The van der Waals surface area contributed by atoms with E-state index >= 15 is 0 Å². The molecule has 0 radical (unpaired) electrons. The average molecular weight is 518 g/mol. The minimum atomic E-state index is -4.11. The Bertz CT molecular complexity index is 1280. The predicted molar refractivity (Wildman–Crippen MR) is 132 cm³/mol. The van der Waals surface area contributed by atoms with Crippen LogP contribution in [0, 0.1) is 5.82 Å². The van der Waals surface area contributed by atoms with Gasteiger partial charge in [0.1, 0.15) is 16.5 Å². The molecule has 192 valence electrons. The SMILES string of the molecule is COc1cc(C(=O)N(Cc2ccc(OS(=O)(=O)c3ccc(F)cc3)cc2)C(C)C)cc(OC)c1OC. The highest BCUT2D eigenvalue weighted by Crippen LogP contribution is 2.38. The molecular weight excluding hydrogens is 489 g/mol. The molecule has 0 aliphatic heterocycles. The molecular formula is C26H28FNO7S. The van der Waals surface area contributed by atoms with Gasteiger partial charge >= 0.3 is 10.1 Å². The number of ether oxygens (including phenoxy) is 3. The molecule has 0 fully saturated rings. The zero-order chi connectivity index (χ0) is 26.5. The Hall–Kier alpha value is -3.79. The van der Waals surface area contributed by atoms with Crippen LogP contribution in [-0.4, -0.2) is 46.6 Å². The summed E-state index contributed by atoms with van der Waals surface area (Å²) in [6.07, 6.45) is 0. The molecule has 1 amide bonds. The van der Waals surface area contributed by atoms with E-state index in [2.05, 4.69) is 0 Å². The van der Waals surface area contributed by atoms with Gasteiger partial charge in [0.05, 0.1) is 21.3 Å². The summed E-state index contributed by atoms with van der Waals surface area (Å²) in [5.41, 5.74) is 1.12. The van der Waals surface area contributed by atoms with Gasteiger partial charge in [-0.1, -0.05) is 12.1 Å². The monoisotopic (exact) mass is 517 g/mol. The summed E-state index contributed by atoms with van der Waals surface area (Å²) in [6, 6.07) is 13.7. The molecule has 0 saturated heterocycles. The van der Waals surface area contributed by atoms with Crippen molar-refractivity contribution in [2.45, 2.75) is 31.3 Å². The summed E-state index contributed by atoms with van der Waals surface area (Å²) in [6.45, 7) is 4.05. The molecule has 3 rings (SSSR count). The molecule has 0 aliphatic carbocycles. The first-order valence-electron chi connectivity index (χ1n) is 11.0. The highest BCUT2D eigenvalue weighted by molar-refractivity contribution is 7.87. The standard InChI is InChI=1S/C26H28FNO7S/c1-17(2)28(26(29)19-14-23(32-3)25(34-5)24(15-19)33-4)16-18-6-10-21(11-7-18)35-36(30,31)22-12-8-20(27)9-13-22/h6-15,17H,16H2,1-5H3. The lowest BCUT2D eigenvalue weighted by atomic mass is 10.1. The number of methoxy groups -OCH3 is 3. The Morgan fingerprint density at radius 1 is 0.889 bits per heavy atom. The second-order valence-electron chi connectivity index (χ2n) is 8.08. The van der Waals surface area contributed by atoms with E-state index in [1.54, 1.807) is 29.2 Å². The number of halogens is 1. The van der Waals surface area contributed by atoms with Gasteiger partial charge in [0.2, 0.25) is 5.75 Å². The third kappa shape index (κ3) is 6.06. The van der Waals surface area contributed by atoms with Gasteiger partial charge in [-0.15, -0.1) is 0 Å². The lowest BCUT2D eigenvalue weighted by molar-refractivity contribution is 0.0689. The Labute approximate surface area is 210 Å². The predicted octanol–water partition coefficient (Wildman–Crippen LogP) is 4.67. The lowest BCUT2D eigenvalue weighted by Gasteiger charge is -2.27. The molecule has 0 spiro atoms. The Morgan fingerprint density at radius 3 is 1.92 bits per heavy atom. The first-order valence-corrected chi connectivity index (χ1v) is 12.4. The van der Waals surface area contributed by atoms with E-state index in [-0.39, 0.29) is 29.1 Å². The fraction of sp³-hybridized carbons (Fsp3) is 0.269. The van der Waals surface area contributed by atoms with Crippen molar-refractivity contribution in [1.82, 2.24) is 4.90 Å². The molecule has 8 nitrogen and oxygen atoms in total. The van der Waals surface area contributed by atoms with Crippen LogP contribution in [0.2, 0.25) is 0 Å². The summed E-state index contributed by atoms with van der Waals surface area (Å²) >= 11 is 0. The van der Waals surface area contributed by atoms with Gasteiger partial charge in [-0.05, 0) is 67.9 Å². The number of rotatable bonds is 10. The molecule has 0 bridgehead atoms. The number of carbonyl (C=O) groups excluding carboxylic acids is 1. The largest absolute Gasteiger partial charge is 0.493 e. The third-order valence-electron chi connectivity index (χ3n) is 5.38. The fourth-order valence-electron chi connectivity index (χ4n) is 3.48. The van der Waals surface area contributed by atoms with Crippen LogP contribution < -0.4 is 18.4 Å². The molecule has 0 unspecified atom stereocenters. The first-order chi connectivity index (χ1) is 17.1.